The van der Waals surface area contributed by atoms with Crippen LogP contribution in [0.2, 0.25) is 0 Å². The summed E-state index contributed by atoms with van der Waals surface area (Å²) in [6.07, 6.45) is 2.49. The molecule has 0 radical (unpaired) electrons. The first-order chi connectivity index (χ1) is 11.1. The van der Waals surface area contributed by atoms with E-state index in [4.69, 9.17) is 4.74 Å². The Kier molecular flexibility index (Phi) is 6.11. The first kappa shape index (κ1) is 17.0. The number of hydrogen-bond acceptors (Lipinski definition) is 4. The summed E-state index contributed by atoms with van der Waals surface area (Å²) in [5, 5.41) is 6.15. The molecule has 0 saturated carbocycles. The lowest BCUT2D eigenvalue weighted by Crippen LogP contribution is -2.14. The van der Waals surface area contributed by atoms with E-state index in [2.05, 4.69) is 15.6 Å². The number of para-hydroxylation sites is 1. The summed E-state index contributed by atoms with van der Waals surface area (Å²) < 4.78 is 4.99. The van der Waals surface area contributed by atoms with Crippen molar-refractivity contribution in [3.63, 3.8) is 0 Å². The van der Waals surface area contributed by atoms with E-state index in [0.717, 1.165) is 35.6 Å². The molecule has 0 aliphatic rings. The van der Waals surface area contributed by atoms with Crippen molar-refractivity contribution in [2.45, 2.75) is 20.3 Å². The second kappa shape index (κ2) is 8.29. The van der Waals surface area contributed by atoms with E-state index in [0.29, 0.717) is 12.2 Å². The van der Waals surface area contributed by atoms with Crippen molar-refractivity contribution in [3.8, 4) is 0 Å². The molecule has 0 aliphatic heterocycles. The summed E-state index contributed by atoms with van der Waals surface area (Å²) in [5.41, 5.74) is 3.49. The number of nitrogens with one attached hydrogen (secondary N) is 2. The second-order valence-electron chi connectivity index (χ2n) is 5.43. The number of amides is 1. The molecule has 0 unspecified atom stereocenters. The predicted octanol–water partition coefficient (Wildman–Crippen LogP) is 3.40. The lowest BCUT2D eigenvalue weighted by atomic mass is 10.1. The summed E-state index contributed by atoms with van der Waals surface area (Å²) in [6.45, 7) is 5.46. The van der Waals surface area contributed by atoms with Gasteiger partial charge in [0, 0.05) is 32.1 Å². The van der Waals surface area contributed by atoms with Crippen LogP contribution < -0.4 is 10.6 Å². The fraction of sp³-hybridized carbons (Fsp3) is 0.333. The van der Waals surface area contributed by atoms with E-state index >= 15 is 0 Å². The minimum absolute atomic E-state index is 0.152. The number of aromatic nitrogens is 1. The lowest BCUT2D eigenvalue weighted by molar-refractivity contribution is 0.102. The molecule has 0 saturated heterocycles. The molecular weight excluding hydrogens is 290 g/mol. The first-order valence-corrected chi connectivity index (χ1v) is 7.68. The molecule has 1 amide bonds. The van der Waals surface area contributed by atoms with Crippen LogP contribution in [-0.4, -0.2) is 31.2 Å². The van der Waals surface area contributed by atoms with Gasteiger partial charge in [0.2, 0.25) is 0 Å². The number of ether oxygens (including phenoxy) is 1. The van der Waals surface area contributed by atoms with Gasteiger partial charge in [0.25, 0.3) is 5.91 Å². The van der Waals surface area contributed by atoms with Gasteiger partial charge in [-0.3, -0.25) is 4.79 Å². The molecule has 2 aromatic rings. The molecule has 5 heteroatoms. The summed E-state index contributed by atoms with van der Waals surface area (Å²) in [5.74, 6) is 0.602. The van der Waals surface area contributed by atoms with Crippen LogP contribution in [0.15, 0.2) is 36.5 Å². The number of anilines is 2. The molecule has 5 nitrogen and oxygen atoms in total. The molecule has 2 N–H and O–H groups in total. The topological polar surface area (TPSA) is 63.2 Å². The van der Waals surface area contributed by atoms with Crippen molar-refractivity contribution < 1.29 is 9.53 Å². The van der Waals surface area contributed by atoms with Crippen LogP contribution in [-0.2, 0) is 4.74 Å². The smallest absolute Gasteiger partial charge is 0.257 e. The van der Waals surface area contributed by atoms with Crippen molar-refractivity contribution >= 4 is 17.4 Å². The monoisotopic (exact) mass is 313 g/mol. The number of hydrogen-bond donors (Lipinski definition) is 2. The Morgan fingerprint density at radius 2 is 1.91 bits per heavy atom. The van der Waals surface area contributed by atoms with Crippen LogP contribution in [0.1, 0.15) is 27.9 Å². The Balaban J connectivity index is 1.97. The average Bonchev–Trinajstić information content (AvgIpc) is 2.55. The Hall–Kier alpha value is -2.40. The van der Waals surface area contributed by atoms with Gasteiger partial charge in [0.05, 0.1) is 5.56 Å². The number of nitrogens with zero attached hydrogens (tertiary/aromatic N) is 1. The molecule has 1 heterocycles. The summed E-state index contributed by atoms with van der Waals surface area (Å²) in [6, 6.07) is 9.52. The average molecular weight is 313 g/mol. The van der Waals surface area contributed by atoms with E-state index in [-0.39, 0.29) is 5.91 Å². The number of methoxy groups -OCH3 is 1. The third kappa shape index (κ3) is 4.79. The van der Waals surface area contributed by atoms with Crippen LogP contribution in [0, 0.1) is 13.8 Å². The van der Waals surface area contributed by atoms with Gasteiger partial charge >= 0.3 is 0 Å². The van der Waals surface area contributed by atoms with E-state index < -0.39 is 0 Å². The van der Waals surface area contributed by atoms with E-state index in [1.54, 1.807) is 19.4 Å². The highest BCUT2D eigenvalue weighted by molar-refractivity contribution is 6.04. The summed E-state index contributed by atoms with van der Waals surface area (Å²) in [4.78, 5) is 16.6. The molecule has 0 spiro atoms. The van der Waals surface area contributed by atoms with Crippen molar-refractivity contribution in [3.05, 3.63) is 53.2 Å². The number of rotatable bonds is 7. The third-order valence-electron chi connectivity index (χ3n) is 3.58. The molecule has 0 aliphatic carbocycles. The Morgan fingerprint density at radius 1 is 1.17 bits per heavy atom. The molecule has 2 rings (SSSR count). The molecule has 0 atom stereocenters. The SMILES string of the molecule is COCCCNc1ccc(C(=O)Nc2c(C)cccc2C)cn1. The fourth-order valence-corrected chi connectivity index (χ4v) is 2.26. The van der Waals surface area contributed by atoms with E-state index in [1.165, 1.54) is 0 Å². The zero-order valence-corrected chi connectivity index (χ0v) is 13.8. The Bertz CT molecular complexity index is 634. The van der Waals surface area contributed by atoms with Gasteiger partial charge in [0.15, 0.2) is 0 Å². The number of pyridine rings is 1. The van der Waals surface area contributed by atoms with Gasteiger partial charge in [0.1, 0.15) is 5.82 Å². The Labute approximate surface area is 137 Å². The normalized spacial score (nSPS) is 10.4. The minimum atomic E-state index is -0.152. The van der Waals surface area contributed by atoms with Crippen molar-refractivity contribution in [2.75, 3.05) is 30.9 Å². The molecule has 1 aromatic carbocycles. The first-order valence-electron chi connectivity index (χ1n) is 7.68. The van der Waals surface area contributed by atoms with Gasteiger partial charge in [-0.25, -0.2) is 4.98 Å². The maximum absolute atomic E-state index is 12.3. The quantitative estimate of drug-likeness (QED) is 0.769. The van der Waals surface area contributed by atoms with Gasteiger partial charge < -0.3 is 15.4 Å². The number of carbonyl (C=O) groups is 1. The predicted molar refractivity (Wildman–Crippen MR) is 93.1 cm³/mol. The second-order valence-corrected chi connectivity index (χ2v) is 5.43. The van der Waals surface area contributed by atoms with Gasteiger partial charge in [-0.15, -0.1) is 0 Å². The highest BCUT2D eigenvalue weighted by Crippen LogP contribution is 2.20. The zero-order valence-electron chi connectivity index (χ0n) is 13.8. The number of aryl methyl sites for hydroxylation is 2. The summed E-state index contributed by atoms with van der Waals surface area (Å²) >= 11 is 0. The van der Waals surface area contributed by atoms with Crippen LogP contribution in [0.3, 0.4) is 0 Å². The van der Waals surface area contributed by atoms with Gasteiger partial charge in [-0.1, -0.05) is 18.2 Å². The summed E-state index contributed by atoms with van der Waals surface area (Å²) in [7, 11) is 1.68. The van der Waals surface area contributed by atoms with Crippen LogP contribution in [0.25, 0.3) is 0 Å². The van der Waals surface area contributed by atoms with Gasteiger partial charge in [-0.05, 0) is 43.5 Å². The van der Waals surface area contributed by atoms with Crippen molar-refractivity contribution in [1.82, 2.24) is 4.98 Å². The lowest BCUT2D eigenvalue weighted by Gasteiger charge is -2.11. The van der Waals surface area contributed by atoms with Gasteiger partial charge in [-0.2, -0.15) is 0 Å². The highest BCUT2D eigenvalue weighted by Gasteiger charge is 2.10. The van der Waals surface area contributed by atoms with Crippen molar-refractivity contribution in [2.24, 2.45) is 0 Å². The van der Waals surface area contributed by atoms with Crippen LogP contribution in [0.5, 0.6) is 0 Å². The molecule has 0 bridgehead atoms. The largest absolute Gasteiger partial charge is 0.385 e. The van der Waals surface area contributed by atoms with Crippen LogP contribution >= 0.6 is 0 Å². The maximum atomic E-state index is 12.3. The Morgan fingerprint density at radius 3 is 2.52 bits per heavy atom. The third-order valence-corrected chi connectivity index (χ3v) is 3.58. The molecular formula is C18H23N3O2. The molecule has 1 aromatic heterocycles. The maximum Gasteiger partial charge on any atom is 0.257 e. The standard InChI is InChI=1S/C18H23N3O2/c1-13-6-4-7-14(2)17(13)21-18(22)15-8-9-16(20-12-15)19-10-5-11-23-3/h4,6-9,12H,5,10-11H2,1-3H3,(H,19,20)(H,21,22). The number of benzene rings is 1. The zero-order chi connectivity index (χ0) is 16.7. The van der Waals surface area contributed by atoms with E-state index in [9.17, 15) is 4.79 Å². The van der Waals surface area contributed by atoms with Crippen molar-refractivity contribution in [1.29, 1.82) is 0 Å². The highest BCUT2D eigenvalue weighted by atomic mass is 16.5. The molecule has 122 valence electrons. The molecule has 23 heavy (non-hydrogen) atoms. The van der Waals surface area contributed by atoms with Crippen LogP contribution in [0.4, 0.5) is 11.5 Å². The molecule has 0 fully saturated rings. The minimum Gasteiger partial charge on any atom is -0.385 e. The fourth-order valence-electron chi connectivity index (χ4n) is 2.26. The number of carbonyl (C=O) groups excluding carboxylic acids is 1. The van der Waals surface area contributed by atoms with E-state index in [1.807, 2.05) is 38.1 Å².